The van der Waals surface area contributed by atoms with Gasteiger partial charge in [0.05, 0.1) is 40.0 Å². The molecule has 0 saturated heterocycles. The molecule has 2 heterocycles. The van der Waals surface area contributed by atoms with Crippen LogP contribution in [0, 0.1) is 56.7 Å². The van der Waals surface area contributed by atoms with E-state index in [1.54, 1.807) is 34.8 Å². The van der Waals surface area contributed by atoms with Gasteiger partial charge in [0.15, 0.2) is 0 Å². The van der Waals surface area contributed by atoms with Gasteiger partial charge in [-0.25, -0.2) is 0 Å². The van der Waals surface area contributed by atoms with E-state index in [0.29, 0.717) is 27.8 Å². The van der Waals surface area contributed by atoms with Crippen molar-refractivity contribution in [2.24, 2.45) is 0 Å². The quantitative estimate of drug-likeness (QED) is 0.190. The lowest BCUT2D eigenvalue weighted by Crippen LogP contribution is -2.03. The first kappa shape index (κ1) is 28.7. The SMILES string of the molecule is N#Cc1cc(C#N)cc(-c2c(C#N)c(-c3ccc4sc5ccccc5c4c3)c(C#N)c(-c3ccc4sc5ccccc5c4c3)c2C#N)c1. The molecule has 2 aromatic heterocycles. The lowest BCUT2D eigenvalue weighted by Gasteiger charge is -2.20. The first-order valence-electron chi connectivity index (χ1n) is 14.8. The van der Waals surface area contributed by atoms with Crippen LogP contribution in [-0.4, -0.2) is 0 Å². The van der Waals surface area contributed by atoms with Gasteiger partial charge in [-0.1, -0.05) is 48.5 Å². The largest absolute Gasteiger partial charge is 0.192 e. The monoisotopic (exact) mass is 643 g/mol. The second-order valence-corrected chi connectivity index (χ2v) is 13.4. The molecule has 0 atom stereocenters. The molecule has 0 aliphatic rings. The van der Waals surface area contributed by atoms with Crippen molar-refractivity contribution in [2.45, 2.75) is 0 Å². The number of nitrogens with zero attached hydrogens (tertiary/aromatic N) is 5. The average Bonchev–Trinajstić information content (AvgIpc) is 3.70. The molecule has 0 unspecified atom stereocenters. The molecular weight excluding hydrogens is 627 g/mol. The van der Waals surface area contributed by atoms with Crippen LogP contribution in [0.25, 0.3) is 73.7 Å². The van der Waals surface area contributed by atoms with Crippen molar-refractivity contribution in [2.75, 3.05) is 0 Å². The van der Waals surface area contributed by atoms with E-state index in [0.717, 1.165) is 40.3 Å². The van der Waals surface area contributed by atoms with Gasteiger partial charge in [0.2, 0.25) is 0 Å². The Balaban J connectivity index is 1.55. The second-order valence-electron chi connectivity index (χ2n) is 11.2. The summed E-state index contributed by atoms with van der Waals surface area (Å²) in [5, 5.41) is 56.4. The first-order chi connectivity index (χ1) is 23.6. The molecule has 0 radical (unpaired) electrons. The Hall–Kier alpha value is -6.79. The Bertz CT molecular complexity index is 2720. The van der Waals surface area contributed by atoms with Gasteiger partial charge in [0.25, 0.3) is 0 Å². The Morgan fingerprint density at radius 3 is 1.17 bits per heavy atom. The number of thiophene rings is 2. The summed E-state index contributed by atoms with van der Waals surface area (Å²) in [5.41, 5.74) is 3.70. The third-order valence-electron chi connectivity index (χ3n) is 8.65. The van der Waals surface area contributed by atoms with E-state index >= 15 is 0 Å². The van der Waals surface area contributed by atoms with Crippen LogP contribution in [0.5, 0.6) is 0 Å². The van der Waals surface area contributed by atoms with Gasteiger partial charge in [-0.05, 0) is 71.3 Å². The Labute approximate surface area is 282 Å². The minimum absolute atomic E-state index is 0.131. The van der Waals surface area contributed by atoms with Gasteiger partial charge < -0.3 is 0 Å². The number of nitriles is 5. The topological polar surface area (TPSA) is 119 Å². The smallest absolute Gasteiger partial charge is 0.101 e. The van der Waals surface area contributed by atoms with Gasteiger partial charge in [0, 0.05) is 57.0 Å². The third kappa shape index (κ3) is 4.31. The summed E-state index contributed by atoms with van der Waals surface area (Å²) in [7, 11) is 0. The molecule has 0 N–H and O–H groups in total. The maximum absolute atomic E-state index is 10.9. The van der Waals surface area contributed by atoms with E-state index < -0.39 is 0 Å². The van der Waals surface area contributed by atoms with E-state index in [2.05, 4.69) is 54.6 Å². The van der Waals surface area contributed by atoms with Crippen molar-refractivity contribution in [3.05, 3.63) is 131 Å². The van der Waals surface area contributed by atoms with E-state index in [-0.39, 0.29) is 33.4 Å². The van der Waals surface area contributed by atoms with Gasteiger partial charge in [0.1, 0.15) is 18.2 Å². The molecule has 0 spiro atoms. The van der Waals surface area contributed by atoms with Gasteiger partial charge in [-0.15, -0.1) is 22.7 Å². The molecule has 8 aromatic rings. The zero-order valence-electron chi connectivity index (χ0n) is 24.9. The highest BCUT2D eigenvalue weighted by molar-refractivity contribution is 7.26. The van der Waals surface area contributed by atoms with Crippen LogP contribution in [0.4, 0.5) is 0 Å². The van der Waals surface area contributed by atoms with Crippen LogP contribution in [0.3, 0.4) is 0 Å². The summed E-state index contributed by atoms with van der Waals surface area (Å²) in [4.78, 5) is 0. The number of rotatable bonds is 3. The highest BCUT2D eigenvalue weighted by Gasteiger charge is 2.28. The molecule has 6 aromatic carbocycles. The minimum Gasteiger partial charge on any atom is -0.192 e. The molecule has 218 valence electrons. The number of hydrogen-bond acceptors (Lipinski definition) is 7. The van der Waals surface area contributed by atoms with Gasteiger partial charge in [-0.3, -0.25) is 0 Å². The Morgan fingerprint density at radius 1 is 0.354 bits per heavy atom. The van der Waals surface area contributed by atoms with Crippen LogP contribution in [0.2, 0.25) is 0 Å². The highest BCUT2D eigenvalue weighted by atomic mass is 32.1. The normalized spacial score (nSPS) is 10.8. The first-order valence-corrected chi connectivity index (χ1v) is 16.4. The second kappa shape index (κ2) is 11.2. The number of hydrogen-bond donors (Lipinski definition) is 0. The Kier molecular flexibility index (Phi) is 6.70. The number of fused-ring (bicyclic) bond motifs is 6. The fraction of sp³-hybridized carbons (Fsp3) is 0. The van der Waals surface area contributed by atoms with Crippen molar-refractivity contribution in [1.82, 2.24) is 0 Å². The third-order valence-corrected chi connectivity index (χ3v) is 10.9. The van der Waals surface area contributed by atoms with Crippen molar-refractivity contribution < 1.29 is 0 Å². The van der Waals surface area contributed by atoms with Crippen LogP contribution < -0.4 is 0 Å². The van der Waals surface area contributed by atoms with Crippen LogP contribution in [0.1, 0.15) is 27.8 Å². The van der Waals surface area contributed by atoms with E-state index in [9.17, 15) is 26.3 Å². The van der Waals surface area contributed by atoms with Crippen LogP contribution >= 0.6 is 22.7 Å². The molecule has 8 rings (SSSR count). The summed E-state index contributed by atoms with van der Waals surface area (Å²) in [5.74, 6) is 0. The predicted octanol–water partition coefficient (Wildman–Crippen LogP) is 10.8. The lowest BCUT2D eigenvalue weighted by molar-refractivity contribution is 1.39. The fourth-order valence-electron chi connectivity index (χ4n) is 6.62. The summed E-state index contributed by atoms with van der Waals surface area (Å²) >= 11 is 3.34. The molecular formula is C41H17N5S2. The average molecular weight is 644 g/mol. The molecule has 0 saturated carbocycles. The predicted molar refractivity (Wildman–Crippen MR) is 192 cm³/mol. The summed E-state index contributed by atoms with van der Waals surface area (Å²) in [6.07, 6.45) is 0. The molecule has 0 aliphatic heterocycles. The summed E-state index contributed by atoms with van der Waals surface area (Å²) in [6.45, 7) is 0. The Morgan fingerprint density at radius 2 is 0.750 bits per heavy atom. The fourth-order valence-corrected chi connectivity index (χ4v) is 8.79. The molecule has 5 nitrogen and oxygen atoms in total. The lowest BCUT2D eigenvalue weighted by atomic mass is 9.79. The van der Waals surface area contributed by atoms with E-state index in [1.165, 1.54) is 6.07 Å². The van der Waals surface area contributed by atoms with Gasteiger partial charge >= 0.3 is 0 Å². The van der Waals surface area contributed by atoms with Crippen molar-refractivity contribution in [1.29, 1.82) is 26.3 Å². The zero-order chi connectivity index (χ0) is 32.9. The zero-order valence-corrected chi connectivity index (χ0v) is 26.5. The standard InChI is InChI=1S/C41H17N5S2/c42-18-23-13-24(19-43)15-27(14-23)41-33(21-45)39(25-9-11-37-30(16-25)28-5-1-3-7-35(28)47-37)32(20-44)40(34(41)22-46)26-10-12-38-31(17-26)29-6-2-4-8-36(29)48-38/h1-17H. The maximum Gasteiger partial charge on any atom is 0.101 e. The maximum atomic E-state index is 10.9. The number of benzene rings is 6. The molecule has 7 heteroatoms. The van der Waals surface area contributed by atoms with Crippen molar-refractivity contribution in [3.8, 4) is 63.7 Å². The molecule has 0 aliphatic carbocycles. The van der Waals surface area contributed by atoms with E-state index in [4.69, 9.17) is 0 Å². The van der Waals surface area contributed by atoms with Crippen molar-refractivity contribution >= 4 is 63.0 Å². The van der Waals surface area contributed by atoms with E-state index in [1.807, 2.05) is 60.7 Å². The van der Waals surface area contributed by atoms with Crippen LogP contribution in [-0.2, 0) is 0 Å². The highest BCUT2D eigenvalue weighted by Crippen LogP contribution is 2.47. The molecule has 0 amide bonds. The summed E-state index contributed by atoms with van der Waals surface area (Å²) in [6, 6.07) is 44.0. The minimum atomic E-state index is 0.131. The molecule has 48 heavy (non-hydrogen) atoms. The summed E-state index contributed by atoms with van der Waals surface area (Å²) < 4.78 is 4.39. The molecule has 0 bridgehead atoms. The van der Waals surface area contributed by atoms with Gasteiger partial charge in [-0.2, -0.15) is 26.3 Å². The van der Waals surface area contributed by atoms with Crippen LogP contribution in [0.15, 0.2) is 103 Å². The van der Waals surface area contributed by atoms with Crippen molar-refractivity contribution in [3.63, 3.8) is 0 Å². The molecule has 0 fully saturated rings.